The molecule has 3 aromatic carbocycles. The van der Waals surface area contributed by atoms with Crippen LogP contribution >= 0.6 is 0 Å². The Hall–Kier alpha value is -3.72. The minimum atomic E-state index is -3.86. The average molecular weight is 554 g/mol. The van der Waals surface area contributed by atoms with E-state index in [0.717, 1.165) is 29.0 Å². The fourth-order valence-corrected chi connectivity index (χ4v) is 5.22. The van der Waals surface area contributed by atoms with Crippen LogP contribution in [-0.4, -0.2) is 50.5 Å². The van der Waals surface area contributed by atoms with Gasteiger partial charge in [0, 0.05) is 25.1 Å². The van der Waals surface area contributed by atoms with Crippen LogP contribution in [0.3, 0.4) is 0 Å². The summed E-state index contributed by atoms with van der Waals surface area (Å²) in [5, 5.41) is 2.91. The molecule has 208 valence electrons. The van der Waals surface area contributed by atoms with Crippen LogP contribution in [0.25, 0.3) is 0 Å². The Labute approximate surface area is 230 Å². The summed E-state index contributed by atoms with van der Waals surface area (Å²) in [6.45, 7) is 3.46. The standard InChI is InChI=1S/C30H36FN3O4S/c1-4-5-19-32-30(36)28(20-24-14-7-6-8-15-24)33(21-25-16-10-11-17-26(25)31)29(35)22-34(39(3,37)38)27-18-12-9-13-23(27)2/h6-18,28H,4-5,19-22H2,1-3H3,(H,32,36)/t28-/m1/s1. The first-order chi connectivity index (χ1) is 18.6. The van der Waals surface area contributed by atoms with Gasteiger partial charge in [-0.3, -0.25) is 13.9 Å². The van der Waals surface area contributed by atoms with E-state index in [2.05, 4.69) is 5.32 Å². The van der Waals surface area contributed by atoms with Gasteiger partial charge in [0.2, 0.25) is 21.8 Å². The molecule has 3 aromatic rings. The predicted octanol–water partition coefficient (Wildman–Crippen LogP) is 4.46. The average Bonchev–Trinajstić information content (AvgIpc) is 2.90. The maximum absolute atomic E-state index is 14.8. The second-order valence-electron chi connectivity index (χ2n) is 9.52. The monoisotopic (exact) mass is 553 g/mol. The Morgan fingerprint density at radius 3 is 2.23 bits per heavy atom. The number of benzene rings is 3. The van der Waals surface area contributed by atoms with Gasteiger partial charge in [-0.1, -0.05) is 80.1 Å². The van der Waals surface area contributed by atoms with Gasteiger partial charge in [0.25, 0.3) is 0 Å². The number of halogens is 1. The maximum Gasteiger partial charge on any atom is 0.244 e. The highest BCUT2D eigenvalue weighted by atomic mass is 32.2. The molecule has 9 heteroatoms. The van der Waals surface area contributed by atoms with E-state index in [9.17, 15) is 22.4 Å². The number of anilines is 1. The lowest BCUT2D eigenvalue weighted by atomic mass is 10.0. The van der Waals surface area contributed by atoms with Gasteiger partial charge in [-0.15, -0.1) is 0 Å². The summed E-state index contributed by atoms with van der Waals surface area (Å²) < 4.78 is 41.5. The van der Waals surface area contributed by atoms with E-state index in [1.165, 1.54) is 11.0 Å². The molecule has 39 heavy (non-hydrogen) atoms. The van der Waals surface area contributed by atoms with Crippen LogP contribution < -0.4 is 9.62 Å². The Morgan fingerprint density at radius 2 is 1.59 bits per heavy atom. The van der Waals surface area contributed by atoms with Gasteiger partial charge in [-0.25, -0.2) is 12.8 Å². The molecule has 0 radical (unpaired) electrons. The number of rotatable bonds is 13. The first-order valence-electron chi connectivity index (χ1n) is 13.0. The van der Waals surface area contributed by atoms with Crippen LogP contribution in [0, 0.1) is 12.7 Å². The molecule has 7 nitrogen and oxygen atoms in total. The van der Waals surface area contributed by atoms with Crippen molar-refractivity contribution in [2.75, 3.05) is 23.7 Å². The molecule has 2 amide bonds. The van der Waals surface area contributed by atoms with E-state index in [0.29, 0.717) is 17.8 Å². The van der Waals surface area contributed by atoms with Gasteiger partial charge >= 0.3 is 0 Å². The fraction of sp³-hybridized carbons (Fsp3) is 0.333. The summed E-state index contributed by atoms with van der Waals surface area (Å²) in [4.78, 5) is 28.8. The SMILES string of the molecule is CCCCNC(=O)[C@@H](Cc1ccccc1)N(Cc1ccccc1F)C(=O)CN(c1ccccc1C)S(C)(=O)=O. The zero-order valence-corrected chi connectivity index (χ0v) is 23.5. The van der Waals surface area contributed by atoms with Crippen molar-refractivity contribution < 1.29 is 22.4 Å². The van der Waals surface area contributed by atoms with E-state index < -0.39 is 34.3 Å². The number of unbranched alkanes of at least 4 members (excludes halogenated alkanes) is 1. The molecule has 0 saturated carbocycles. The minimum absolute atomic E-state index is 0.183. The molecule has 0 fully saturated rings. The van der Waals surface area contributed by atoms with E-state index in [1.54, 1.807) is 49.4 Å². The van der Waals surface area contributed by atoms with Crippen molar-refractivity contribution in [1.29, 1.82) is 0 Å². The number of nitrogens with one attached hydrogen (secondary N) is 1. The number of carbonyl (C=O) groups excluding carboxylic acids is 2. The third-order valence-electron chi connectivity index (χ3n) is 6.46. The van der Waals surface area contributed by atoms with E-state index >= 15 is 0 Å². The molecule has 0 bridgehead atoms. The number of carbonyl (C=O) groups is 2. The second kappa shape index (κ2) is 13.9. The molecule has 0 aliphatic carbocycles. The van der Waals surface area contributed by atoms with Crippen molar-refractivity contribution >= 4 is 27.5 Å². The molecule has 3 rings (SSSR count). The molecular formula is C30H36FN3O4S. The van der Waals surface area contributed by atoms with Crippen molar-refractivity contribution in [1.82, 2.24) is 10.2 Å². The lowest BCUT2D eigenvalue weighted by Gasteiger charge is -2.34. The third-order valence-corrected chi connectivity index (χ3v) is 7.59. The first kappa shape index (κ1) is 29.8. The fourth-order valence-electron chi connectivity index (χ4n) is 4.31. The normalized spacial score (nSPS) is 12.0. The molecule has 0 aliphatic rings. The molecule has 0 spiro atoms. The van der Waals surface area contributed by atoms with Crippen LogP contribution in [0.2, 0.25) is 0 Å². The summed E-state index contributed by atoms with van der Waals surface area (Å²) in [6, 6.07) is 21.2. The number of sulfonamides is 1. The molecule has 1 N–H and O–H groups in total. The van der Waals surface area contributed by atoms with Crippen LogP contribution in [0.5, 0.6) is 0 Å². The highest BCUT2D eigenvalue weighted by Crippen LogP contribution is 2.24. The number of para-hydroxylation sites is 1. The Kier molecular flexibility index (Phi) is 10.6. The summed E-state index contributed by atoms with van der Waals surface area (Å²) in [7, 11) is -3.86. The van der Waals surface area contributed by atoms with Gasteiger partial charge in [0.05, 0.1) is 11.9 Å². The molecule has 0 saturated heterocycles. The van der Waals surface area contributed by atoms with E-state index in [4.69, 9.17) is 0 Å². The topological polar surface area (TPSA) is 86.8 Å². The van der Waals surface area contributed by atoms with Crippen LogP contribution in [0.15, 0.2) is 78.9 Å². The minimum Gasteiger partial charge on any atom is -0.354 e. The number of nitrogens with zero attached hydrogens (tertiary/aromatic N) is 2. The smallest absolute Gasteiger partial charge is 0.244 e. The van der Waals surface area contributed by atoms with Crippen molar-refractivity contribution in [3.05, 3.63) is 101 Å². The molecule has 0 heterocycles. The third kappa shape index (κ3) is 8.38. The molecule has 0 aliphatic heterocycles. The highest BCUT2D eigenvalue weighted by Gasteiger charge is 2.33. The molecule has 0 unspecified atom stereocenters. The van der Waals surface area contributed by atoms with E-state index in [-0.39, 0.29) is 24.4 Å². The van der Waals surface area contributed by atoms with Crippen molar-refractivity contribution in [2.45, 2.75) is 45.7 Å². The van der Waals surface area contributed by atoms with Gasteiger partial charge in [0.1, 0.15) is 18.4 Å². The van der Waals surface area contributed by atoms with Gasteiger partial charge in [-0.2, -0.15) is 0 Å². The van der Waals surface area contributed by atoms with Crippen LogP contribution in [0.4, 0.5) is 10.1 Å². The number of hydrogen-bond acceptors (Lipinski definition) is 4. The second-order valence-corrected chi connectivity index (χ2v) is 11.4. The lowest BCUT2D eigenvalue weighted by Crippen LogP contribution is -2.53. The molecule has 0 aromatic heterocycles. The summed E-state index contributed by atoms with van der Waals surface area (Å²) >= 11 is 0. The summed E-state index contributed by atoms with van der Waals surface area (Å²) in [6.07, 6.45) is 2.86. The van der Waals surface area contributed by atoms with Gasteiger partial charge < -0.3 is 10.2 Å². The van der Waals surface area contributed by atoms with Crippen LogP contribution in [0.1, 0.15) is 36.5 Å². The van der Waals surface area contributed by atoms with Crippen molar-refractivity contribution in [3.8, 4) is 0 Å². The molecule has 1 atom stereocenters. The zero-order chi connectivity index (χ0) is 28.4. The Morgan fingerprint density at radius 1 is 0.949 bits per heavy atom. The lowest BCUT2D eigenvalue weighted by molar-refractivity contribution is -0.140. The highest BCUT2D eigenvalue weighted by molar-refractivity contribution is 7.92. The zero-order valence-electron chi connectivity index (χ0n) is 22.6. The Balaban J connectivity index is 2.05. The number of aryl methyl sites for hydroxylation is 1. The summed E-state index contributed by atoms with van der Waals surface area (Å²) in [5.74, 6) is -1.50. The van der Waals surface area contributed by atoms with Crippen molar-refractivity contribution in [2.24, 2.45) is 0 Å². The molecular weight excluding hydrogens is 517 g/mol. The van der Waals surface area contributed by atoms with Gasteiger partial charge in [0.15, 0.2) is 0 Å². The first-order valence-corrected chi connectivity index (χ1v) is 14.8. The van der Waals surface area contributed by atoms with Crippen LogP contribution in [-0.2, 0) is 32.6 Å². The number of amides is 2. The van der Waals surface area contributed by atoms with Crippen molar-refractivity contribution in [3.63, 3.8) is 0 Å². The largest absolute Gasteiger partial charge is 0.354 e. The predicted molar refractivity (Wildman–Crippen MR) is 152 cm³/mol. The van der Waals surface area contributed by atoms with E-state index in [1.807, 2.05) is 37.3 Å². The van der Waals surface area contributed by atoms with Gasteiger partial charge in [-0.05, 0) is 36.6 Å². The summed E-state index contributed by atoms with van der Waals surface area (Å²) in [5.41, 5.74) is 2.09. The Bertz CT molecular complexity index is 1370. The number of hydrogen-bond donors (Lipinski definition) is 1. The quantitative estimate of drug-likeness (QED) is 0.317. The maximum atomic E-state index is 14.8.